The van der Waals surface area contributed by atoms with Crippen molar-refractivity contribution in [3.8, 4) is 0 Å². The van der Waals surface area contributed by atoms with Crippen molar-refractivity contribution in [3.05, 3.63) is 143 Å². The van der Waals surface area contributed by atoms with Crippen molar-refractivity contribution < 1.29 is 29.4 Å². The zero-order chi connectivity index (χ0) is 34.3. The third-order valence-corrected chi connectivity index (χ3v) is 8.11. The molecule has 0 aromatic heterocycles. The van der Waals surface area contributed by atoms with Gasteiger partial charge in [0.25, 0.3) is 11.8 Å². The van der Waals surface area contributed by atoms with Crippen LogP contribution in [0.5, 0.6) is 0 Å². The third kappa shape index (κ3) is 10.3. The van der Waals surface area contributed by atoms with Crippen LogP contribution in [0.2, 0.25) is 0 Å². The summed E-state index contributed by atoms with van der Waals surface area (Å²) in [4.78, 5) is 34.2. The first kappa shape index (κ1) is 36.0. The molecule has 0 saturated carbocycles. The van der Waals surface area contributed by atoms with E-state index in [1.807, 2.05) is 123 Å². The van der Waals surface area contributed by atoms with E-state index in [0.29, 0.717) is 43.7 Å². The zero-order valence-electron chi connectivity index (χ0n) is 27.8. The molecule has 4 aromatic carbocycles. The molecule has 1 saturated heterocycles. The number of hydrogen-bond acceptors (Lipinski definition) is 7. The van der Waals surface area contributed by atoms with Gasteiger partial charge < -0.3 is 29.6 Å². The molecule has 1 fully saturated rings. The van der Waals surface area contributed by atoms with Crippen molar-refractivity contribution >= 4 is 18.0 Å². The lowest BCUT2D eigenvalue weighted by Gasteiger charge is -2.30. The Bertz CT molecular complexity index is 1580. The van der Waals surface area contributed by atoms with Crippen LogP contribution in [0.3, 0.4) is 0 Å². The quantitative estimate of drug-likeness (QED) is 0.149. The van der Waals surface area contributed by atoms with Crippen molar-refractivity contribution in [3.63, 3.8) is 0 Å². The molecule has 48 heavy (non-hydrogen) atoms. The number of carbonyl (C=O) groups is 2. The van der Waals surface area contributed by atoms with Crippen molar-refractivity contribution in [2.24, 2.45) is 5.16 Å². The Hall–Kier alpha value is -4.83. The van der Waals surface area contributed by atoms with E-state index in [-0.39, 0.29) is 30.5 Å². The van der Waals surface area contributed by atoms with Gasteiger partial charge in [-0.2, -0.15) is 0 Å². The highest BCUT2D eigenvalue weighted by Gasteiger charge is 2.35. The first-order chi connectivity index (χ1) is 23.3. The van der Waals surface area contributed by atoms with Crippen molar-refractivity contribution in [1.29, 1.82) is 0 Å². The van der Waals surface area contributed by atoms with Gasteiger partial charge in [0.1, 0.15) is 7.11 Å². The standard InChI is InChI=1S/C20H24N2O3.C19H21NO3/c1-16-8-10-18(11-9-16)20(24)22(15-17-6-4-3-5-7-17)19(12-13-23)14-21-25-2;1-14-7-9-16(10-8-14)18(21)20(17-11-12-23-19(17)22)13-15-5-3-2-4-6-15/h3-11,14,19,23H,12-13,15H2,1-2H3;2-10,17,19,22H,11-13H2,1H3/b21-14+;. The van der Waals surface area contributed by atoms with Gasteiger partial charge in [0.2, 0.25) is 0 Å². The number of rotatable bonds is 12. The number of amides is 2. The van der Waals surface area contributed by atoms with Crippen molar-refractivity contribution in [2.45, 2.75) is 58.2 Å². The highest BCUT2D eigenvalue weighted by molar-refractivity contribution is 5.96. The molecule has 0 radical (unpaired) electrons. The molecule has 0 bridgehead atoms. The molecule has 3 atom stereocenters. The van der Waals surface area contributed by atoms with Gasteiger partial charge in [0, 0.05) is 30.8 Å². The average Bonchev–Trinajstić information content (AvgIpc) is 3.54. The predicted molar refractivity (Wildman–Crippen MR) is 186 cm³/mol. The van der Waals surface area contributed by atoms with E-state index in [2.05, 4.69) is 5.16 Å². The summed E-state index contributed by atoms with van der Waals surface area (Å²) in [6.07, 6.45) is 1.67. The second kappa shape index (κ2) is 18.5. The van der Waals surface area contributed by atoms with E-state index in [0.717, 1.165) is 22.3 Å². The van der Waals surface area contributed by atoms with E-state index in [1.165, 1.54) is 7.11 Å². The van der Waals surface area contributed by atoms with Crippen LogP contribution in [0.25, 0.3) is 0 Å². The minimum atomic E-state index is -0.923. The number of aliphatic hydroxyl groups is 2. The Kier molecular flexibility index (Phi) is 13.9. The molecule has 3 unspecified atom stereocenters. The SMILES string of the molecule is CO/N=C/C(CCO)N(Cc1ccccc1)C(=O)c1ccc(C)cc1.Cc1ccc(C(=O)N(Cc2ccccc2)C2CCOC2O)cc1. The van der Waals surface area contributed by atoms with Gasteiger partial charge in [-0.05, 0) is 62.1 Å². The van der Waals surface area contributed by atoms with Crippen LogP contribution in [0.4, 0.5) is 0 Å². The third-order valence-electron chi connectivity index (χ3n) is 8.11. The molecule has 1 aliphatic heterocycles. The summed E-state index contributed by atoms with van der Waals surface area (Å²) in [5.74, 6) is -0.187. The molecule has 2 N–H and O–H groups in total. The maximum Gasteiger partial charge on any atom is 0.254 e. The Balaban J connectivity index is 0.000000217. The highest BCUT2D eigenvalue weighted by Crippen LogP contribution is 2.23. The molecule has 1 aliphatic rings. The molecule has 0 spiro atoms. The van der Waals surface area contributed by atoms with Gasteiger partial charge in [-0.15, -0.1) is 0 Å². The lowest BCUT2D eigenvalue weighted by molar-refractivity contribution is -0.0892. The maximum atomic E-state index is 13.1. The number of ether oxygens (including phenoxy) is 1. The predicted octanol–water partition coefficient (Wildman–Crippen LogP) is 5.77. The van der Waals surface area contributed by atoms with Gasteiger partial charge in [-0.3, -0.25) is 9.59 Å². The second-order valence-corrected chi connectivity index (χ2v) is 11.7. The molecule has 5 rings (SSSR count). The maximum absolute atomic E-state index is 13.1. The fraction of sp³-hybridized carbons (Fsp3) is 0.308. The fourth-order valence-electron chi connectivity index (χ4n) is 5.41. The largest absolute Gasteiger partial charge is 0.399 e. The van der Waals surface area contributed by atoms with E-state index < -0.39 is 6.29 Å². The number of oxime groups is 1. The highest BCUT2D eigenvalue weighted by atomic mass is 16.6. The minimum Gasteiger partial charge on any atom is -0.399 e. The topological polar surface area (TPSA) is 112 Å². The van der Waals surface area contributed by atoms with Crippen LogP contribution < -0.4 is 0 Å². The molecule has 0 aliphatic carbocycles. The van der Waals surface area contributed by atoms with Crippen LogP contribution in [-0.4, -0.2) is 76.7 Å². The van der Waals surface area contributed by atoms with E-state index in [4.69, 9.17) is 9.57 Å². The summed E-state index contributed by atoms with van der Waals surface area (Å²) in [6, 6.07) is 33.9. The Morgan fingerprint density at radius 1 is 0.833 bits per heavy atom. The number of nitrogens with zero attached hydrogens (tertiary/aromatic N) is 3. The van der Waals surface area contributed by atoms with Crippen LogP contribution >= 0.6 is 0 Å². The Labute approximate surface area is 283 Å². The summed E-state index contributed by atoms with van der Waals surface area (Å²) in [5.41, 5.74) is 5.49. The molecule has 9 heteroatoms. The van der Waals surface area contributed by atoms with Crippen LogP contribution in [0, 0.1) is 13.8 Å². The second-order valence-electron chi connectivity index (χ2n) is 11.7. The molecule has 252 valence electrons. The minimum absolute atomic E-state index is 0.0487. The molecule has 9 nitrogen and oxygen atoms in total. The van der Waals surface area contributed by atoms with Gasteiger partial charge in [0.15, 0.2) is 6.29 Å². The van der Waals surface area contributed by atoms with Crippen molar-refractivity contribution in [2.75, 3.05) is 20.3 Å². The normalized spacial score (nSPS) is 16.1. The number of aryl methyl sites for hydroxylation is 2. The summed E-state index contributed by atoms with van der Waals surface area (Å²) < 4.78 is 5.25. The number of aliphatic hydroxyl groups excluding tert-OH is 2. The van der Waals surface area contributed by atoms with E-state index in [1.54, 1.807) is 16.0 Å². The average molecular weight is 652 g/mol. The first-order valence-electron chi connectivity index (χ1n) is 16.1. The molecule has 2 amide bonds. The Morgan fingerprint density at radius 3 is 1.83 bits per heavy atom. The molecular weight excluding hydrogens is 606 g/mol. The van der Waals surface area contributed by atoms with Gasteiger partial charge in [-0.1, -0.05) is 101 Å². The zero-order valence-corrected chi connectivity index (χ0v) is 27.8. The monoisotopic (exact) mass is 651 g/mol. The lowest BCUT2D eigenvalue weighted by atomic mass is 10.1. The van der Waals surface area contributed by atoms with Crippen LogP contribution in [0.1, 0.15) is 55.8 Å². The number of carbonyl (C=O) groups excluding carboxylic acids is 2. The van der Waals surface area contributed by atoms with Crippen molar-refractivity contribution in [1.82, 2.24) is 9.80 Å². The first-order valence-corrected chi connectivity index (χ1v) is 16.1. The summed E-state index contributed by atoms with van der Waals surface area (Å²) >= 11 is 0. The fourth-order valence-corrected chi connectivity index (χ4v) is 5.41. The van der Waals surface area contributed by atoms with Gasteiger partial charge >= 0.3 is 0 Å². The van der Waals surface area contributed by atoms with Crippen LogP contribution in [0.15, 0.2) is 114 Å². The van der Waals surface area contributed by atoms with E-state index in [9.17, 15) is 19.8 Å². The number of hydrogen-bond donors (Lipinski definition) is 2. The van der Waals surface area contributed by atoms with Crippen LogP contribution in [-0.2, 0) is 22.7 Å². The lowest BCUT2D eigenvalue weighted by Crippen LogP contribution is -2.44. The number of benzene rings is 4. The smallest absolute Gasteiger partial charge is 0.254 e. The Morgan fingerprint density at radius 2 is 1.35 bits per heavy atom. The summed E-state index contributed by atoms with van der Waals surface area (Å²) in [6.45, 7) is 5.28. The van der Waals surface area contributed by atoms with Gasteiger partial charge in [0.05, 0.1) is 24.9 Å². The summed E-state index contributed by atoms with van der Waals surface area (Å²) in [7, 11) is 1.45. The van der Waals surface area contributed by atoms with E-state index >= 15 is 0 Å². The molecular formula is C39H45N3O6. The molecule has 4 aromatic rings. The van der Waals surface area contributed by atoms with Gasteiger partial charge in [-0.25, -0.2) is 0 Å². The molecule has 1 heterocycles. The summed E-state index contributed by atoms with van der Waals surface area (Å²) in [5, 5.41) is 23.3.